The SMILES string of the molecule is c1cccc(-c2cc(N(c3ccc(-c4ccccc4)cc3)c3cccc4c3sc3ccccc34)ccc2-c2ccc(-c3ccc4ccc5oc6ccccc6c5c4c3)cc2)c#1. The highest BCUT2D eigenvalue weighted by Gasteiger charge is 2.21. The predicted octanol–water partition coefficient (Wildman–Crippen LogP) is 16.8. The summed E-state index contributed by atoms with van der Waals surface area (Å²) < 4.78 is 8.78. The van der Waals surface area contributed by atoms with Crippen LogP contribution in [0.3, 0.4) is 0 Å². The summed E-state index contributed by atoms with van der Waals surface area (Å²) in [4.78, 5) is 2.41. The van der Waals surface area contributed by atoms with Crippen LogP contribution in [0.2, 0.25) is 0 Å². The van der Waals surface area contributed by atoms with Crippen molar-refractivity contribution in [1.82, 2.24) is 0 Å². The topological polar surface area (TPSA) is 16.4 Å². The zero-order valence-electron chi connectivity index (χ0n) is 33.0. The standard InChI is InChI=1S/C58H35NOS/c1-3-12-38(13-4-1)39-28-31-45(32-29-39)59(53-19-11-18-49-48-16-8-10-21-56(48)61-58(49)53)46-33-34-47(51(37-46)41-14-5-2-6-15-41)42-24-22-40(23-25-42)44-27-26-43-30-35-55-57(52(43)36-44)50-17-7-9-20-54(50)60-55/h1-5,7-14,16-37H. The fourth-order valence-corrected chi connectivity index (χ4v) is 10.2. The number of thiophene rings is 1. The Morgan fingerprint density at radius 1 is 0.426 bits per heavy atom. The molecule has 12 aromatic rings. The van der Waals surface area contributed by atoms with Gasteiger partial charge in [0.15, 0.2) is 0 Å². The smallest absolute Gasteiger partial charge is 0.136 e. The molecule has 0 fully saturated rings. The highest BCUT2D eigenvalue weighted by Crippen LogP contribution is 2.47. The molecule has 2 heterocycles. The van der Waals surface area contributed by atoms with Crippen LogP contribution in [0.25, 0.3) is 97.4 Å². The Labute approximate surface area is 357 Å². The van der Waals surface area contributed by atoms with Gasteiger partial charge >= 0.3 is 0 Å². The van der Waals surface area contributed by atoms with Crippen molar-refractivity contribution in [3.05, 3.63) is 224 Å². The first kappa shape index (κ1) is 35.1. The number of hydrogen-bond donors (Lipinski definition) is 0. The molecule has 0 saturated carbocycles. The maximum atomic E-state index is 6.24. The lowest BCUT2D eigenvalue weighted by molar-refractivity contribution is 0.669. The van der Waals surface area contributed by atoms with E-state index in [0.29, 0.717) is 0 Å². The average Bonchev–Trinajstić information content (AvgIpc) is 3.92. The molecule has 0 amide bonds. The third-order valence-corrected chi connectivity index (χ3v) is 13.2. The summed E-state index contributed by atoms with van der Waals surface area (Å²) in [5.41, 5.74) is 14.2. The van der Waals surface area contributed by atoms with E-state index in [1.165, 1.54) is 47.6 Å². The summed E-state index contributed by atoms with van der Waals surface area (Å²) in [5.74, 6) is 0. The molecule has 10 aromatic carbocycles. The predicted molar refractivity (Wildman–Crippen MR) is 258 cm³/mol. The molecule has 12 rings (SSSR count). The van der Waals surface area contributed by atoms with Crippen molar-refractivity contribution in [3.63, 3.8) is 0 Å². The number of benzene rings is 9. The average molecular weight is 794 g/mol. The van der Waals surface area contributed by atoms with Crippen LogP contribution >= 0.6 is 11.3 Å². The number of anilines is 3. The molecule has 0 atom stereocenters. The second-order valence-electron chi connectivity index (χ2n) is 15.5. The van der Waals surface area contributed by atoms with E-state index >= 15 is 0 Å². The molecule has 3 heteroatoms. The Hall–Kier alpha value is -7.90. The van der Waals surface area contributed by atoms with Crippen LogP contribution in [0.1, 0.15) is 0 Å². The van der Waals surface area contributed by atoms with Crippen LogP contribution in [0.4, 0.5) is 17.1 Å². The summed E-state index contributed by atoms with van der Waals surface area (Å²) in [6.45, 7) is 0. The van der Waals surface area contributed by atoms with Gasteiger partial charge in [-0.2, -0.15) is 0 Å². The van der Waals surface area contributed by atoms with Gasteiger partial charge in [-0.25, -0.2) is 0 Å². The third-order valence-electron chi connectivity index (χ3n) is 11.9. The van der Waals surface area contributed by atoms with Crippen molar-refractivity contribution >= 4 is 81.3 Å². The minimum absolute atomic E-state index is 0.912. The molecule has 2 nitrogen and oxygen atoms in total. The monoisotopic (exact) mass is 793 g/mol. The Bertz CT molecular complexity index is 3570. The second kappa shape index (κ2) is 14.4. The van der Waals surface area contributed by atoms with E-state index in [1.54, 1.807) is 0 Å². The van der Waals surface area contributed by atoms with Crippen LogP contribution in [0.15, 0.2) is 217 Å². The molecule has 2 aromatic heterocycles. The molecule has 0 aliphatic heterocycles. The Morgan fingerprint density at radius 2 is 1.11 bits per heavy atom. The molecule has 0 aliphatic rings. The minimum atomic E-state index is 0.912. The Balaban J connectivity index is 0.987. The summed E-state index contributed by atoms with van der Waals surface area (Å²) in [5, 5.41) is 7.25. The van der Waals surface area contributed by atoms with Gasteiger partial charge < -0.3 is 9.32 Å². The van der Waals surface area contributed by atoms with E-state index in [0.717, 1.165) is 66.8 Å². The molecular weight excluding hydrogens is 759 g/mol. The molecule has 0 radical (unpaired) electrons. The summed E-state index contributed by atoms with van der Waals surface area (Å²) in [6, 6.07) is 82.8. The lowest BCUT2D eigenvalue weighted by atomic mass is 9.92. The van der Waals surface area contributed by atoms with E-state index in [1.807, 2.05) is 35.6 Å². The van der Waals surface area contributed by atoms with Crippen LogP contribution in [-0.2, 0) is 0 Å². The van der Waals surface area contributed by atoms with E-state index in [9.17, 15) is 0 Å². The number of fused-ring (bicyclic) bond motifs is 8. The molecule has 0 aliphatic carbocycles. The molecule has 0 saturated heterocycles. The first-order valence-corrected chi connectivity index (χ1v) is 21.4. The van der Waals surface area contributed by atoms with E-state index in [-0.39, 0.29) is 0 Å². The van der Waals surface area contributed by atoms with Gasteiger partial charge in [-0.05, 0) is 116 Å². The molecule has 284 valence electrons. The van der Waals surface area contributed by atoms with Crippen molar-refractivity contribution in [2.75, 3.05) is 4.90 Å². The normalized spacial score (nSPS) is 11.5. The number of hydrogen-bond acceptors (Lipinski definition) is 3. The van der Waals surface area contributed by atoms with Crippen molar-refractivity contribution < 1.29 is 4.42 Å². The minimum Gasteiger partial charge on any atom is -0.456 e. The first-order valence-electron chi connectivity index (χ1n) is 20.6. The van der Waals surface area contributed by atoms with Gasteiger partial charge in [0, 0.05) is 43.2 Å². The second-order valence-corrected chi connectivity index (χ2v) is 16.5. The van der Waals surface area contributed by atoms with E-state index < -0.39 is 0 Å². The maximum absolute atomic E-state index is 6.24. The van der Waals surface area contributed by atoms with Crippen molar-refractivity contribution in [3.8, 4) is 44.5 Å². The maximum Gasteiger partial charge on any atom is 0.136 e. The number of rotatable bonds is 7. The zero-order valence-corrected chi connectivity index (χ0v) is 33.8. The van der Waals surface area contributed by atoms with Gasteiger partial charge in [0.1, 0.15) is 11.2 Å². The molecule has 0 spiro atoms. The van der Waals surface area contributed by atoms with Gasteiger partial charge in [-0.1, -0.05) is 158 Å². The lowest BCUT2D eigenvalue weighted by Crippen LogP contribution is -2.10. The number of furan rings is 1. The molecule has 61 heavy (non-hydrogen) atoms. The van der Waals surface area contributed by atoms with Crippen LogP contribution in [0, 0.1) is 12.1 Å². The van der Waals surface area contributed by atoms with Crippen molar-refractivity contribution in [1.29, 1.82) is 0 Å². The van der Waals surface area contributed by atoms with Gasteiger partial charge in [-0.15, -0.1) is 11.3 Å². The van der Waals surface area contributed by atoms with Gasteiger partial charge in [0.2, 0.25) is 0 Å². The third kappa shape index (κ3) is 6.04. The Kier molecular flexibility index (Phi) is 8.30. The quantitative estimate of drug-likeness (QED) is 0.160. The molecule has 0 N–H and O–H groups in total. The van der Waals surface area contributed by atoms with Gasteiger partial charge in [-0.3, -0.25) is 0 Å². The molecule has 0 bridgehead atoms. The van der Waals surface area contributed by atoms with Crippen molar-refractivity contribution in [2.45, 2.75) is 0 Å². The number of para-hydroxylation sites is 1. The highest BCUT2D eigenvalue weighted by atomic mass is 32.1. The summed E-state index contributed by atoms with van der Waals surface area (Å²) >= 11 is 1.85. The van der Waals surface area contributed by atoms with E-state index in [2.05, 4.69) is 205 Å². The number of nitrogens with zero attached hydrogens (tertiary/aromatic N) is 1. The Morgan fingerprint density at radius 3 is 1.97 bits per heavy atom. The summed E-state index contributed by atoms with van der Waals surface area (Å²) in [7, 11) is 0. The van der Waals surface area contributed by atoms with Crippen LogP contribution in [-0.4, -0.2) is 0 Å². The van der Waals surface area contributed by atoms with Gasteiger partial charge in [0.05, 0.1) is 10.4 Å². The van der Waals surface area contributed by atoms with Crippen LogP contribution < -0.4 is 4.90 Å². The largest absolute Gasteiger partial charge is 0.456 e. The molecule has 0 unspecified atom stereocenters. The highest BCUT2D eigenvalue weighted by molar-refractivity contribution is 7.26. The molecular formula is C58H35NOS. The fraction of sp³-hybridized carbons (Fsp3) is 0. The van der Waals surface area contributed by atoms with E-state index in [4.69, 9.17) is 4.42 Å². The van der Waals surface area contributed by atoms with Crippen molar-refractivity contribution in [2.24, 2.45) is 0 Å². The van der Waals surface area contributed by atoms with Crippen LogP contribution in [0.5, 0.6) is 0 Å². The fourth-order valence-electron chi connectivity index (χ4n) is 8.99. The van der Waals surface area contributed by atoms with Gasteiger partial charge in [0.25, 0.3) is 0 Å². The zero-order chi connectivity index (χ0) is 40.3. The lowest BCUT2D eigenvalue weighted by Gasteiger charge is -2.27. The summed E-state index contributed by atoms with van der Waals surface area (Å²) in [6.07, 6.45) is 0. The first-order chi connectivity index (χ1) is 30.2.